The number of hydrogen-bond acceptors (Lipinski definition) is 6. The van der Waals surface area contributed by atoms with Crippen molar-refractivity contribution >= 4 is 18.0 Å². The van der Waals surface area contributed by atoms with E-state index in [-0.39, 0.29) is 36.8 Å². The average Bonchev–Trinajstić information content (AvgIpc) is 3.03. The number of halogens is 3. The van der Waals surface area contributed by atoms with Crippen LogP contribution < -0.4 is 9.47 Å². The highest BCUT2D eigenvalue weighted by atomic mass is 19.4. The summed E-state index contributed by atoms with van der Waals surface area (Å²) in [6, 6.07) is 24.9. The minimum atomic E-state index is -4.80. The van der Waals surface area contributed by atoms with Crippen LogP contribution in [0.2, 0.25) is 0 Å². The first-order chi connectivity index (χ1) is 22.8. The van der Waals surface area contributed by atoms with Crippen LogP contribution in [0.4, 0.5) is 13.2 Å². The maximum absolute atomic E-state index is 12.7. The van der Waals surface area contributed by atoms with E-state index in [1.54, 1.807) is 38.1 Å². The Morgan fingerprint density at radius 1 is 0.708 bits per heavy atom. The minimum Gasteiger partial charge on any atom is -0.466 e. The molecule has 0 N–H and O–H groups in total. The van der Waals surface area contributed by atoms with Gasteiger partial charge in [-0.05, 0) is 102 Å². The summed E-state index contributed by atoms with van der Waals surface area (Å²) in [5.74, 6) is -0.271. The molecule has 0 amide bonds. The maximum Gasteiger partial charge on any atom is 0.573 e. The van der Waals surface area contributed by atoms with Crippen LogP contribution in [-0.2, 0) is 30.9 Å². The highest BCUT2D eigenvalue weighted by Crippen LogP contribution is 2.36. The second-order valence-corrected chi connectivity index (χ2v) is 12.0. The number of carbonyl (C=O) groups excluding carboxylic acids is 2. The molecule has 9 heteroatoms. The predicted octanol–water partition coefficient (Wildman–Crippen LogP) is 10.1. The van der Waals surface area contributed by atoms with Crippen molar-refractivity contribution in [2.75, 3.05) is 13.2 Å². The Kier molecular flexibility index (Phi) is 11.7. The van der Waals surface area contributed by atoms with Gasteiger partial charge < -0.3 is 18.9 Å². The molecule has 4 rings (SSSR count). The van der Waals surface area contributed by atoms with Gasteiger partial charge in [-0.3, -0.25) is 4.79 Å². The van der Waals surface area contributed by atoms with Crippen molar-refractivity contribution in [1.82, 2.24) is 0 Å². The van der Waals surface area contributed by atoms with Crippen LogP contribution in [0, 0.1) is 0 Å². The number of hydrogen-bond donors (Lipinski definition) is 0. The van der Waals surface area contributed by atoms with E-state index in [0.29, 0.717) is 34.6 Å². The van der Waals surface area contributed by atoms with Gasteiger partial charge in [0.2, 0.25) is 0 Å². The van der Waals surface area contributed by atoms with Crippen LogP contribution in [-0.4, -0.2) is 31.5 Å². The summed E-state index contributed by atoms with van der Waals surface area (Å²) in [6.45, 7) is 10.4. The Balaban J connectivity index is 1.71. The maximum atomic E-state index is 12.7. The zero-order valence-electron chi connectivity index (χ0n) is 27.6. The van der Waals surface area contributed by atoms with Gasteiger partial charge >= 0.3 is 18.3 Å². The summed E-state index contributed by atoms with van der Waals surface area (Å²) in [5.41, 5.74) is 5.80. The molecule has 4 aromatic rings. The topological polar surface area (TPSA) is 71.1 Å². The van der Waals surface area contributed by atoms with Gasteiger partial charge in [-0.15, -0.1) is 13.2 Å². The fourth-order valence-electron chi connectivity index (χ4n) is 4.95. The van der Waals surface area contributed by atoms with Gasteiger partial charge in [0.05, 0.1) is 13.2 Å². The monoisotopic (exact) mass is 660 g/mol. The minimum absolute atomic E-state index is 0.0149. The molecule has 0 unspecified atom stereocenters. The van der Waals surface area contributed by atoms with Crippen molar-refractivity contribution < 1.29 is 41.7 Å². The summed E-state index contributed by atoms with van der Waals surface area (Å²) >= 11 is 0. The van der Waals surface area contributed by atoms with Crippen molar-refractivity contribution in [3.63, 3.8) is 0 Å². The quantitative estimate of drug-likeness (QED) is 0.111. The standard InChI is InChI=1S/C39H39F3O6/c1-6-45-36(43)22-14-30-24-28(26-8-16-32(17-9-26)38(3,4)5)12-20-34(30)47-35-21-13-29(25-31(35)15-23-37(44)46-7-2)27-10-18-33(19-11-27)48-39(40,41)42/h8-13,15-21,23-25H,6-7,14,22H2,1-5H3. The van der Waals surface area contributed by atoms with Crippen molar-refractivity contribution in [3.8, 4) is 39.5 Å². The van der Waals surface area contributed by atoms with Gasteiger partial charge in [-0.2, -0.15) is 0 Å². The van der Waals surface area contributed by atoms with E-state index in [0.717, 1.165) is 16.7 Å². The molecule has 6 nitrogen and oxygen atoms in total. The summed E-state index contributed by atoms with van der Waals surface area (Å²) in [4.78, 5) is 24.5. The van der Waals surface area contributed by atoms with Gasteiger partial charge in [0, 0.05) is 18.1 Å². The first kappa shape index (κ1) is 35.8. The van der Waals surface area contributed by atoms with E-state index < -0.39 is 12.3 Å². The van der Waals surface area contributed by atoms with Crippen LogP contribution in [0.15, 0.2) is 91.0 Å². The van der Waals surface area contributed by atoms with Crippen LogP contribution in [0.3, 0.4) is 0 Å². The molecule has 48 heavy (non-hydrogen) atoms. The zero-order chi connectivity index (χ0) is 34.9. The number of esters is 2. The van der Waals surface area contributed by atoms with E-state index >= 15 is 0 Å². The highest BCUT2D eigenvalue weighted by molar-refractivity contribution is 5.88. The van der Waals surface area contributed by atoms with Crippen LogP contribution in [0.5, 0.6) is 17.2 Å². The lowest BCUT2D eigenvalue weighted by molar-refractivity contribution is -0.274. The van der Waals surface area contributed by atoms with E-state index in [1.165, 1.54) is 35.9 Å². The largest absolute Gasteiger partial charge is 0.573 e. The van der Waals surface area contributed by atoms with Crippen LogP contribution in [0.25, 0.3) is 28.3 Å². The Morgan fingerprint density at radius 2 is 1.27 bits per heavy atom. The molecule has 0 radical (unpaired) electrons. The Hall–Kier alpha value is -5.05. The lowest BCUT2D eigenvalue weighted by Crippen LogP contribution is -2.16. The molecule has 0 fully saturated rings. The number of rotatable bonds is 12. The highest BCUT2D eigenvalue weighted by Gasteiger charge is 2.31. The molecule has 0 aliphatic carbocycles. The Morgan fingerprint density at radius 3 is 1.85 bits per heavy atom. The number of aryl methyl sites for hydroxylation is 1. The van der Waals surface area contributed by atoms with E-state index in [4.69, 9.17) is 14.2 Å². The molecule has 0 aliphatic heterocycles. The summed E-state index contributed by atoms with van der Waals surface area (Å²) in [6.07, 6.45) is -1.45. The molecule has 0 atom stereocenters. The molecule has 252 valence electrons. The van der Waals surface area contributed by atoms with Crippen molar-refractivity contribution in [3.05, 3.63) is 108 Å². The summed E-state index contributed by atoms with van der Waals surface area (Å²) in [7, 11) is 0. The molecule has 0 spiro atoms. The van der Waals surface area contributed by atoms with Gasteiger partial charge in [0.15, 0.2) is 0 Å². The van der Waals surface area contributed by atoms with Crippen molar-refractivity contribution in [2.24, 2.45) is 0 Å². The lowest BCUT2D eigenvalue weighted by atomic mass is 9.86. The van der Waals surface area contributed by atoms with E-state index in [2.05, 4.69) is 49.8 Å². The molecule has 0 saturated carbocycles. The SMILES string of the molecule is CCOC(=O)C=Cc1cc(-c2ccc(OC(F)(F)F)cc2)ccc1Oc1ccc(-c2ccc(C(C)(C)C)cc2)cc1CCC(=O)OCC. The van der Waals surface area contributed by atoms with Crippen LogP contribution >= 0.6 is 0 Å². The molecule has 0 saturated heterocycles. The Labute approximate surface area is 279 Å². The molecule has 0 aromatic heterocycles. The first-order valence-electron chi connectivity index (χ1n) is 15.7. The third kappa shape index (κ3) is 10.2. The lowest BCUT2D eigenvalue weighted by Gasteiger charge is -2.19. The van der Waals surface area contributed by atoms with Gasteiger partial charge in [0.25, 0.3) is 0 Å². The molecule has 4 aromatic carbocycles. The third-order valence-electron chi connectivity index (χ3n) is 7.39. The number of carbonyl (C=O) groups is 2. The number of benzene rings is 4. The molecule has 0 aliphatic rings. The summed E-state index contributed by atoms with van der Waals surface area (Å²) < 4.78 is 58.6. The number of alkyl halides is 3. The number of ether oxygens (including phenoxy) is 4. The second kappa shape index (κ2) is 15.7. The fraction of sp³-hybridized carbons (Fsp3) is 0.282. The first-order valence-corrected chi connectivity index (χ1v) is 15.7. The third-order valence-corrected chi connectivity index (χ3v) is 7.39. The predicted molar refractivity (Wildman–Crippen MR) is 180 cm³/mol. The van der Waals surface area contributed by atoms with Gasteiger partial charge in [0.1, 0.15) is 17.2 Å². The van der Waals surface area contributed by atoms with Crippen molar-refractivity contribution in [1.29, 1.82) is 0 Å². The molecule has 0 bridgehead atoms. The van der Waals surface area contributed by atoms with E-state index in [9.17, 15) is 22.8 Å². The van der Waals surface area contributed by atoms with Crippen LogP contribution in [0.1, 0.15) is 57.7 Å². The Bertz CT molecular complexity index is 1730. The summed E-state index contributed by atoms with van der Waals surface area (Å²) in [5, 5.41) is 0. The second-order valence-electron chi connectivity index (χ2n) is 12.0. The normalized spacial score (nSPS) is 11.8. The smallest absolute Gasteiger partial charge is 0.466 e. The zero-order valence-corrected chi connectivity index (χ0v) is 27.6. The van der Waals surface area contributed by atoms with Gasteiger partial charge in [-0.1, -0.05) is 69.3 Å². The molecule has 0 heterocycles. The molecular weight excluding hydrogens is 621 g/mol. The fourth-order valence-corrected chi connectivity index (χ4v) is 4.95. The van der Waals surface area contributed by atoms with Gasteiger partial charge in [-0.25, -0.2) is 4.79 Å². The van der Waals surface area contributed by atoms with Crippen molar-refractivity contribution in [2.45, 2.75) is 59.2 Å². The molecular formula is C39H39F3O6. The average molecular weight is 661 g/mol. The van der Waals surface area contributed by atoms with E-state index in [1.807, 2.05) is 18.2 Å².